The van der Waals surface area contributed by atoms with Crippen molar-refractivity contribution in [1.82, 2.24) is 4.72 Å². The SMILES string of the molecule is CCCCCCCCC(C#CC(C)(C)NS(=O)(=O)c1ccc(C)cc1)OC(=O)O. The molecule has 0 aromatic heterocycles. The van der Waals surface area contributed by atoms with Crippen molar-refractivity contribution in [3.63, 3.8) is 0 Å². The number of unbranched alkanes of at least 4 members (excludes halogenated alkanes) is 5. The maximum absolute atomic E-state index is 12.6. The fourth-order valence-corrected chi connectivity index (χ4v) is 4.13. The van der Waals surface area contributed by atoms with E-state index in [0.29, 0.717) is 6.42 Å². The number of rotatable bonds is 11. The van der Waals surface area contributed by atoms with Gasteiger partial charge in [0.25, 0.3) is 0 Å². The maximum atomic E-state index is 12.6. The Morgan fingerprint density at radius 2 is 1.72 bits per heavy atom. The van der Waals surface area contributed by atoms with Crippen molar-refractivity contribution in [3.8, 4) is 11.8 Å². The number of nitrogens with one attached hydrogen (secondary N) is 1. The van der Waals surface area contributed by atoms with Gasteiger partial charge in [0.15, 0.2) is 6.10 Å². The van der Waals surface area contributed by atoms with Crippen molar-refractivity contribution in [2.75, 3.05) is 0 Å². The fourth-order valence-electron chi connectivity index (χ4n) is 2.79. The lowest BCUT2D eigenvalue weighted by Crippen LogP contribution is -2.42. The first-order valence-corrected chi connectivity index (χ1v) is 11.6. The zero-order valence-corrected chi connectivity index (χ0v) is 18.6. The van der Waals surface area contributed by atoms with Gasteiger partial charge in [-0.3, -0.25) is 0 Å². The Labute approximate surface area is 175 Å². The van der Waals surface area contributed by atoms with Gasteiger partial charge in [-0.2, -0.15) is 4.72 Å². The summed E-state index contributed by atoms with van der Waals surface area (Å²) in [5, 5.41) is 8.94. The van der Waals surface area contributed by atoms with Gasteiger partial charge in [-0.1, -0.05) is 68.6 Å². The van der Waals surface area contributed by atoms with Gasteiger partial charge in [0.2, 0.25) is 10.0 Å². The highest BCUT2D eigenvalue weighted by Gasteiger charge is 2.25. The third-order valence-corrected chi connectivity index (χ3v) is 6.00. The number of carboxylic acid groups (broad SMARTS) is 1. The van der Waals surface area contributed by atoms with E-state index in [9.17, 15) is 13.2 Å². The first-order chi connectivity index (χ1) is 13.6. The van der Waals surface area contributed by atoms with Gasteiger partial charge in [0.05, 0.1) is 10.4 Å². The average Bonchev–Trinajstić information content (AvgIpc) is 2.61. The summed E-state index contributed by atoms with van der Waals surface area (Å²) in [7, 11) is -3.75. The summed E-state index contributed by atoms with van der Waals surface area (Å²) in [6, 6.07) is 6.53. The van der Waals surface area contributed by atoms with Crippen LogP contribution in [-0.2, 0) is 14.8 Å². The predicted octanol–water partition coefficient (Wildman–Crippen LogP) is 4.87. The molecular formula is C22H33NO5S. The van der Waals surface area contributed by atoms with Crippen LogP contribution in [0.5, 0.6) is 0 Å². The van der Waals surface area contributed by atoms with Gasteiger partial charge in [-0.05, 0) is 45.7 Å². The molecule has 1 unspecified atom stereocenters. The number of ether oxygens (including phenoxy) is 1. The van der Waals surface area contributed by atoms with Crippen LogP contribution < -0.4 is 4.72 Å². The number of benzene rings is 1. The minimum Gasteiger partial charge on any atom is -0.450 e. The molecule has 6 nitrogen and oxygen atoms in total. The Kier molecular flexibility index (Phi) is 10.2. The molecule has 0 saturated heterocycles. The lowest BCUT2D eigenvalue weighted by molar-refractivity contribution is 0.0685. The summed E-state index contributed by atoms with van der Waals surface area (Å²) in [6.07, 6.45) is 4.77. The van der Waals surface area contributed by atoms with E-state index >= 15 is 0 Å². The molecule has 0 aliphatic heterocycles. The normalized spacial score (nSPS) is 12.7. The van der Waals surface area contributed by atoms with Crippen LogP contribution in [0.2, 0.25) is 0 Å². The van der Waals surface area contributed by atoms with Crippen molar-refractivity contribution in [2.45, 2.75) is 89.2 Å². The van der Waals surface area contributed by atoms with E-state index in [-0.39, 0.29) is 4.90 Å². The summed E-state index contributed by atoms with van der Waals surface area (Å²) in [5.41, 5.74) is -0.114. The van der Waals surface area contributed by atoms with Crippen LogP contribution in [0, 0.1) is 18.8 Å². The van der Waals surface area contributed by atoms with Gasteiger partial charge >= 0.3 is 6.16 Å². The van der Waals surface area contributed by atoms with E-state index < -0.39 is 27.8 Å². The maximum Gasteiger partial charge on any atom is 0.507 e. The number of aryl methyl sites for hydroxylation is 1. The standard InChI is InChI=1S/C22H33NO5S/c1-5-6-7-8-9-10-11-19(28-21(24)25)16-17-22(3,4)23-29(26,27)20-14-12-18(2)13-15-20/h12-15,19,23H,5-11H2,1-4H3,(H,24,25). The Morgan fingerprint density at radius 3 is 2.31 bits per heavy atom. The van der Waals surface area contributed by atoms with Crippen LogP contribution in [0.3, 0.4) is 0 Å². The van der Waals surface area contributed by atoms with Crippen LogP contribution in [0.1, 0.15) is 71.3 Å². The number of carbonyl (C=O) groups is 1. The van der Waals surface area contributed by atoms with E-state index in [0.717, 1.165) is 24.8 Å². The number of hydrogen-bond acceptors (Lipinski definition) is 4. The third kappa shape index (κ3) is 10.3. The Morgan fingerprint density at radius 1 is 1.14 bits per heavy atom. The zero-order chi connectivity index (χ0) is 21.9. The molecule has 7 heteroatoms. The number of hydrogen-bond donors (Lipinski definition) is 2. The molecule has 1 aromatic carbocycles. The van der Waals surface area contributed by atoms with Crippen LogP contribution >= 0.6 is 0 Å². The highest BCUT2D eigenvalue weighted by molar-refractivity contribution is 7.89. The molecule has 0 fully saturated rings. The minimum atomic E-state index is -3.75. The van der Waals surface area contributed by atoms with E-state index in [1.54, 1.807) is 26.0 Å². The molecule has 0 aliphatic rings. The fraction of sp³-hybridized carbons (Fsp3) is 0.591. The molecule has 0 spiro atoms. The first kappa shape index (κ1) is 25.0. The largest absolute Gasteiger partial charge is 0.507 e. The molecule has 2 N–H and O–H groups in total. The van der Waals surface area contributed by atoms with Crippen LogP contribution in [-0.4, -0.2) is 31.3 Å². The van der Waals surface area contributed by atoms with Crippen molar-refractivity contribution in [3.05, 3.63) is 29.8 Å². The molecule has 1 aromatic rings. The van der Waals surface area contributed by atoms with Gasteiger partial charge in [-0.15, -0.1) is 0 Å². The second kappa shape index (κ2) is 11.8. The summed E-state index contributed by atoms with van der Waals surface area (Å²) >= 11 is 0. The smallest absolute Gasteiger partial charge is 0.450 e. The van der Waals surface area contributed by atoms with Gasteiger partial charge in [0.1, 0.15) is 0 Å². The molecular weight excluding hydrogens is 390 g/mol. The first-order valence-electron chi connectivity index (χ1n) is 10.1. The van der Waals surface area contributed by atoms with E-state index in [2.05, 4.69) is 23.5 Å². The van der Waals surface area contributed by atoms with Crippen molar-refractivity contribution in [1.29, 1.82) is 0 Å². The summed E-state index contributed by atoms with van der Waals surface area (Å²) < 4.78 is 32.6. The van der Waals surface area contributed by atoms with Gasteiger partial charge in [-0.25, -0.2) is 13.2 Å². The van der Waals surface area contributed by atoms with Crippen LogP contribution in [0.4, 0.5) is 4.79 Å². The molecule has 1 atom stereocenters. The third-order valence-electron chi connectivity index (χ3n) is 4.33. The Balaban J connectivity index is 2.75. The molecule has 29 heavy (non-hydrogen) atoms. The van der Waals surface area contributed by atoms with Gasteiger partial charge < -0.3 is 9.84 Å². The Hall–Kier alpha value is -2.04. The quantitative estimate of drug-likeness (QED) is 0.301. The monoisotopic (exact) mass is 423 g/mol. The Bertz CT molecular complexity index is 804. The molecule has 0 heterocycles. The minimum absolute atomic E-state index is 0.156. The highest BCUT2D eigenvalue weighted by atomic mass is 32.2. The van der Waals surface area contributed by atoms with E-state index in [4.69, 9.17) is 9.84 Å². The van der Waals surface area contributed by atoms with Crippen LogP contribution in [0.15, 0.2) is 29.2 Å². The summed E-state index contributed by atoms with van der Waals surface area (Å²) in [4.78, 5) is 11.1. The molecule has 1 rings (SSSR count). The molecule has 0 bridgehead atoms. The lowest BCUT2D eigenvalue weighted by atomic mass is 10.0. The van der Waals surface area contributed by atoms with Crippen molar-refractivity contribution < 1.29 is 23.1 Å². The highest BCUT2D eigenvalue weighted by Crippen LogP contribution is 2.15. The van der Waals surface area contributed by atoms with Crippen molar-refractivity contribution >= 4 is 16.2 Å². The van der Waals surface area contributed by atoms with E-state index in [1.165, 1.54) is 31.4 Å². The lowest BCUT2D eigenvalue weighted by Gasteiger charge is -2.20. The van der Waals surface area contributed by atoms with Crippen molar-refractivity contribution in [2.24, 2.45) is 0 Å². The molecule has 0 saturated carbocycles. The zero-order valence-electron chi connectivity index (χ0n) is 17.8. The van der Waals surface area contributed by atoms with Gasteiger partial charge in [0, 0.05) is 0 Å². The molecule has 0 aliphatic carbocycles. The second-order valence-corrected chi connectivity index (χ2v) is 9.42. The molecule has 0 amide bonds. The topological polar surface area (TPSA) is 92.7 Å². The summed E-state index contributed by atoms with van der Waals surface area (Å²) in [5.74, 6) is 5.63. The molecule has 0 radical (unpaired) electrons. The number of sulfonamides is 1. The van der Waals surface area contributed by atoms with Crippen LogP contribution in [0.25, 0.3) is 0 Å². The second-order valence-electron chi connectivity index (χ2n) is 7.74. The molecule has 162 valence electrons. The average molecular weight is 424 g/mol. The van der Waals surface area contributed by atoms with E-state index in [1.807, 2.05) is 6.92 Å². The summed E-state index contributed by atoms with van der Waals surface area (Å²) in [6.45, 7) is 7.30. The predicted molar refractivity (Wildman–Crippen MR) is 114 cm³/mol.